The van der Waals surface area contributed by atoms with E-state index in [4.69, 9.17) is 0 Å². The summed E-state index contributed by atoms with van der Waals surface area (Å²) in [5, 5.41) is 16.6. The maximum atomic E-state index is 13.2. The van der Waals surface area contributed by atoms with Gasteiger partial charge in [0.1, 0.15) is 11.5 Å². The van der Waals surface area contributed by atoms with Crippen LogP contribution in [-0.4, -0.2) is 44.8 Å². The Kier molecular flexibility index (Phi) is 4.51. The van der Waals surface area contributed by atoms with Gasteiger partial charge >= 0.3 is 6.18 Å². The number of hydrogen-bond acceptors (Lipinski definition) is 5. The monoisotopic (exact) mass is 391 g/mol. The zero-order valence-electron chi connectivity index (χ0n) is 15.2. The standard InChI is InChI=1S/C19H20F3N5O/c1-18(28,19(20,21)22)12-5-6-17-24-10-15(27(17)11-12)14-3-2-4-16(26-14)25-13-7-8-23-9-13/h2-6,10-11,13,23,28H,7-9H2,1H3,(H,25,26). The van der Waals surface area contributed by atoms with E-state index in [2.05, 4.69) is 20.6 Å². The van der Waals surface area contributed by atoms with Crippen molar-refractivity contribution in [1.29, 1.82) is 0 Å². The number of anilines is 1. The highest BCUT2D eigenvalue weighted by atomic mass is 19.4. The third-order valence-electron chi connectivity index (χ3n) is 5.04. The molecule has 0 radical (unpaired) electrons. The van der Waals surface area contributed by atoms with E-state index in [0.29, 0.717) is 28.9 Å². The second-order valence-corrected chi connectivity index (χ2v) is 7.10. The molecule has 6 nitrogen and oxygen atoms in total. The van der Waals surface area contributed by atoms with Gasteiger partial charge in [-0.1, -0.05) is 12.1 Å². The topological polar surface area (TPSA) is 74.5 Å². The number of nitrogens with zero attached hydrogens (tertiary/aromatic N) is 3. The van der Waals surface area contributed by atoms with E-state index >= 15 is 0 Å². The van der Waals surface area contributed by atoms with Gasteiger partial charge in [-0.15, -0.1) is 0 Å². The number of halogens is 3. The molecule has 0 bridgehead atoms. The van der Waals surface area contributed by atoms with Gasteiger partial charge in [0.15, 0.2) is 5.60 Å². The van der Waals surface area contributed by atoms with Crippen molar-refractivity contribution in [3.8, 4) is 11.4 Å². The molecule has 2 unspecified atom stereocenters. The van der Waals surface area contributed by atoms with Gasteiger partial charge in [0.05, 0.1) is 17.6 Å². The SMILES string of the molecule is CC(O)(c1ccc2ncc(-c3cccc(NC4CCNC4)n3)n2c1)C(F)(F)F. The molecule has 148 valence electrons. The highest BCUT2D eigenvalue weighted by molar-refractivity contribution is 5.62. The lowest BCUT2D eigenvalue weighted by Crippen LogP contribution is -2.39. The third-order valence-corrected chi connectivity index (χ3v) is 5.04. The minimum absolute atomic E-state index is 0.266. The second-order valence-electron chi connectivity index (χ2n) is 7.10. The van der Waals surface area contributed by atoms with Gasteiger partial charge < -0.3 is 15.7 Å². The summed E-state index contributed by atoms with van der Waals surface area (Å²) in [6, 6.07) is 8.44. The summed E-state index contributed by atoms with van der Waals surface area (Å²) in [5.74, 6) is 0.694. The molecule has 0 aromatic carbocycles. The Morgan fingerprint density at radius 2 is 2.07 bits per heavy atom. The zero-order chi connectivity index (χ0) is 19.9. The first-order valence-corrected chi connectivity index (χ1v) is 8.97. The fourth-order valence-electron chi connectivity index (χ4n) is 3.27. The van der Waals surface area contributed by atoms with Gasteiger partial charge in [-0.3, -0.25) is 4.40 Å². The Hall–Kier alpha value is -2.65. The third kappa shape index (κ3) is 3.31. The second kappa shape index (κ2) is 6.75. The molecule has 3 aromatic heterocycles. The Morgan fingerprint density at radius 1 is 1.25 bits per heavy atom. The summed E-state index contributed by atoms with van der Waals surface area (Å²) in [6.07, 6.45) is -0.977. The van der Waals surface area contributed by atoms with Gasteiger partial charge in [0.25, 0.3) is 0 Å². The molecule has 0 aliphatic carbocycles. The van der Waals surface area contributed by atoms with Crippen molar-refractivity contribution in [3.05, 3.63) is 48.3 Å². The Morgan fingerprint density at radius 3 is 2.79 bits per heavy atom. The molecular formula is C19H20F3N5O. The molecule has 9 heteroatoms. The lowest BCUT2D eigenvalue weighted by Gasteiger charge is -2.26. The largest absolute Gasteiger partial charge is 0.421 e. The summed E-state index contributed by atoms with van der Waals surface area (Å²) >= 11 is 0. The van der Waals surface area contributed by atoms with Crippen molar-refractivity contribution in [3.63, 3.8) is 0 Å². The Labute approximate surface area is 159 Å². The normalized spacial score (nSPS) is 19.7. The average Bonchev–Trinajstić information content (AvgIpc) is 3.30. The van der Waals surface area contributed by atoms with Gasteiger partial charge in [0.2, 0.25) is 0 Å². The number of imidazole rings is 1. The van der Waals surface area contributed by atoms with Gasteiger partial charge in [-0.25, -0.2) is 9.97 Å². The molecule has 4 rings (SSSR count). The Balaban J connectivity index is 1.72. The molecular weight excluding hydrogens is 371 g/mol. The molecule has 1 aliphatic rings. The Bertz CT molecular complexity index is 993. The van der Waals surface area contributed by atoms with Crippen LogP contribution in [0.2, 0.25) is 0 Å². The first-order valence-electron chi connectivity index (χ1n) is 8.97. The van der Waals surface area contributed by atoms with Crippen LogP contribution in [0.4, 0.5) is 19.0 Å². The van der Waals surface area contributed by atoms with Crippen LogP contribution in [-0.2, 0) is 5.60 Å². The van der Waals surface area contributed by atoms with Crippen LogP contribution >= 0.6 is 0 Å². The van der Waals surface area contributed by atoms with Crippen molar-refractivity contribution >= 4 is 11.5 Å². The van der Waals surface area contributed by atoms with Crippen molar-refractivity contribution in [2.24, 2.45) is 0 Å². The first-order chi connectivity index (χ1) is 13.3. The minimum Gasteiger partial charge on any atom is -0.376 e. The van der Waals surface area contributed by atoms with E-state index in [-0.39, 0.29) is 5.56 Å². The summed E-state index contributed by atoms with van der Waals surface area (Å²) in [7, 11) is 0. The zero-order valence-corrected chi connectivity index (χ0v) is 15.2. The first kappa shape index (κ1) is 18.7. The van der Waals surface area contributed by atoms with Gasteiger partial charge in [-0.2, -0.15) is 13.2 Å². The minimum atomic E-state index is -4.79. The number of alkyl halides is 3. The van der Waals surface area contributed by atoms with Crippen LogP contribution in [0.25, 0.3) is 17.0 Å². The molecule has 28 heavy (non-hydrogen) atoms. The highest BCUT2D eigenvalue weighted by Crippen LogP contribution is 2.38. The molecule has 0 amide bonds. The maximum Gasteiger partial charge on any atom is 0.421 e. The summed E-state index contributed by atoms with van der Waals surface area (Å²) in [5.41, 5.74) is -1.64. The van der Waals surface area contributed by atoms with Crippen LogP contribution in [0.1, 0.15) is 18.9 Å². The van der Waals surface area contributed by atoms with Crippen LogP contribution in [0.5, 0.6) is 0 Å². The smallest absolute Gasteiger partial charge is 0.376 e. The van der Waals surface area contributed by atoms with Crippen molar-refractivity contribution < 1.29 is 18.3 Å². The molecule has 0 spiro atoms. The number of aliphatic hydroxyl groups is 1. The van der Waals surface area contributed by atoms with E-state index < -0.39 is 11.8 Å². The predicted octanol–water partition coefficient (Wildman–Crippen LogP) is 2.94. The quantitative estimate of drug-likeness (QED) is 0.638. The van der Waals surface area contributed by atoms with Crippen molar-refractivity contribution in [1.82, 2.24) is 19.7 Å². The van der Waals surface area contributed by atoms with E-state index in [1.54, 1.807) is 12.3 Å². The maximum absolute atomic E-state index is 13.2. The highest BCUT2D eigenvalue weighted by Gasteiger charge is 2.51. The summed E-state index contributed by atoms with van der Waals surface area (Å²) in [4.78, 5) is 8.83. The number of pyridine rings is 2. The fraction of sp³-hybridized carbons (Fsp3) is 0.368. The number of fused-ring (bicyclic) bond motifs is 1. The van der Waals surface area contributed by atoms with Crippen molar-refractivity contribution in [2.75, 3.05) is 18.4 Å². The molecule has 1 aliphatic heterocycles. The number of nitrogens with one attached hydrogen (secondary N) is 2. The van der Waals surface area contributed by atoms with Crippen molar-refractivity contribution in [2.45, 2.75) is 31.2 Å². The number of hydrogen-bond donors (Lipinski definition) is 3. The van der Waals surface area contributed by atoms with E-state index in [0.717, 1.165) is 26.4 Å². The van der Waals surface area contributed by atoms with Crippen LogP contribution < -0.4 is 10.6 Å². The summed E-state index contributed by atoms with van der Waals surface area (Å²) in [6.45, 7) is 2.55. The van der Waals surface area contributed by atoms with Gasteiger partial charge in [0, 0.05) is 24.3 Å². The van der Waals surface area contributed by atoms with E-state index in [9.17, 15) is 18.3 Å². The number of rotatable bonds is 4. The number of aromatic nitrogens is 3. The predicted molar refractivity (Wildman–Crippen MR) is 98.9 cm³/mol. The molecule has 3 aromatic rings. The summed E-state index contributed by atoms with van der Waals surface area (Å²) < 4.78 is 41.2. The molecule has 1 fully saturated rings. The fourth-order valence-corrected chi connectivity index (χ4v) is 3.27. The lowest BCUT2D eigenvalue weighted by atomic mass is 9.97. The van der Waals surface area contributed by atoms with E-state index in [1.807, 2.05) is 12.1 Å². The molecule has 2 atom stereocenters. The molecule has 1 saturated heterocycles. The van der Waals surface area contributed by atoms with E-state index in [1.165, 1.54) is 22.7 Å². The lowest BCUT2D eigenvalue weighted by molar-refractivity contribution is -0.259. The van der Waals surface area contributed by atoms with Crippen LogP contribution in [0.15, 0.2) is 42.7 Å². The average molecular weight is 391 g/mol. The molecule has 4 heterocycles. The van der Waals surface area contributed by atoms with Crippen LogP contribution in [0, 0.1) is 0 Å². The van der Waals surface area contributed by atoms with Crippen LogP contribution in [0.3, 0.4) is 0 Å². The van der Waals surface area contributed by atoms with Gasteiger partial charge in [-0.05, 0) is 38.1 Å². The molecule has 0 saturated carbocycles. The molecule has 3 N–H and O–H groups in total.